The molecule has 0 bridgehead atoms. The minimum atomic E-state index is -1.04. The highest BCUT2D eigenvalue weighted by molar-refractivity contribution is 9.09. The van der Waals surface area contributed by atoms with Crippen LogP contribution in [-0.2, 0) is 14.3 Å². The Morgan fingerprint density at radius 1 is 1.59 bits per heavy atom. The average Bonchev–Trinajstić information content (AvgIpc) is 2.50. The highest BCUT2D eigenvalue weighted by atomic mass is 79.9. The van der Waals surface area contributed by atoms with Crippen molar-refractivity contribution in [3.05, 3.63) is 10.8 Å². The van der Waals surface area contributed by atoms with Crippen LogP contribution in [-0.4, -0.2) is 24.0 Å². The molecule has 0 N–H and O–H groups in total. The van der Waals surface area contributed by atoms with Gasteiger partial charge in [-0.05, 0) is 6.92 Å². The maximum absolute atomic E-state index is 11.9. The van der Waals surface area contributed by atoms with Gasteiger partial charge in [-0.3, -0.25) is 0 Å². The van der Waals surface area contributed by atoms with Crippen molar-refractivity contribution < 1.29 is 14.3 Å². The molecule has 0 aromatic heterocycles. The predicted octanol–water partition coefficient (Wildman–Crippen LogP) is 3.46. The fourth-order valence-electron chi connectivity index (χ4n) is 1.84. The quantitative estimate of drug-likeness (QED) is 0.576. The molecule has 1 heterocycles. The number of rotatable bonds is 2. The summed E-state index contributed by atoms with van der Waals surface area (Å²) in [5, 5.41) is 1.15. The van der Waals surface area contributed by atoms with Gasteiger partial charge in [0.2, 0.25) is 5.60 Å². The third-order valence-corrected chi connectivity index (χ3v) is 4.01. The first kappa shape index (κ1) is 14.8. The third kappa shape index (κ3) is 2.48. The second-order valence-corrected chi connectivity index (χ2v) is 6.39. The molecule has 17 heavy (non-hydrogen) atoms. The Labute approximate surface area is 116 Å². The van der Waals surface area contributed by atoms with E-state index in [9.17, 15) is 4.79 Å². The predicted molar refractivity (Wildman–Crippen MR) is 71.1 cm³/mol. The van der Waals surface area contributed by atoms with Gasteiger partial charge < -0.3 is 9.47 Å². The number of allylic oxidation sites excluding steroid dienone is 1. The third-order valence-electron chi connectivity index (χ3n) is 2.93. The summed E-state index contributed by atoms with van der Waals surface area (Å²) in [4.78, 5) is 11.9. The van der Waals surface area contributed by atoms with Crippen molar-refractivity contribution in [3.8, 4) is 0 Å². The molecule has 1 aliphatic rings. The van der Waals surface area contributed by atoms with Crippen LogP contribution in [0.3, 0.4) is 0 Å². The average molecular weight is 326 g/mol. The molecule has 0 saturated carbocycles. The van der Waals surface area contributed by atoms with Crippen LogP contribution in [0.15, 0.2) is 10.8 Å². The van der Waals surface area contributed by atoms with E-state index < -0.39 is 11.6 Å². The lowest BCUT2D eigenvalue weighted by atomic mass is 9.89. The van der Waals surface area contributed by atoms with E-state index in [1.54, 1.807) is 6.92 Å². The van der Waals surface area contributed by atoms with E-state index in [0.29, 0.717) is 16.1 Å². The van der Waals surface area contributed by atoms with Crippen molar-refractivity contribution in [1.29, 1.82) is 0 Å². The van der Waals surface area contributed by atoms with Crippen molar-refractivity contribution in [2.75, 3.05) is 12.4 Å². The molecule has 0 spiro atoms. The Kier molecular flexibility index (Phi) is 4.20. The van der Waals surface area contributed by atoms with Gasteiger partial charge in [0.1, 0.15) is 5.76 Å². The smallest absolute Gasteiger partial charge is 0.350 e. The second kappa shape index (κ2) is 4.81. The van der Waals surface area contributed by atoms with Crippen LogP contribution < -0.4 is 0 Å². The first-order valence-electron chi connectivity index (χ1n) is 5.42. The first-order valence-corrected chi connectivity index (χ1v) is 6.92. The molecule has 0 aromatic rings. The Hall–Kier alpha value is -0.220. The number of carbonyl (C=O) groups excluding carboxylic acids is 1. The van der Waals surface area contributed by atoms with Crippen LogP contribution in [0.25, 0.3) is 0 Å². The van der Waals surface area contributed by atoms with Crippen LogP contribution in [0.4, 0.5) is 0 Å². The molecule has 0 amide bonds. The first-order chi connectivity index (χ1) is 7.68. The molecule has 0 fully saturated rings. The number of esters is 1. The van der Waals surface area contributed by atoms with E-state index in [0.717, 1.165) is 0 Å². The summed E-state index contributed by atoms with van der Waals surface area (Å²) in [5.41, 5.74) is -1.28. The van der Waals surface area contributed by atoms with Crippen LogP contribution in [0.2, 0.25) is 0 Å². The zero-order chi connectivity index (χ0) is 13.4. The molecule has 0 aliphatic carbocycles. The normalized spacial score (nSPS) is 29.2. The van der Waals surface area contributed by atoms with Crippen LogP contribution >= 0.6 is 27.5 Å². The highest BCUT2D eigenvalue weighted by Crippen LogP contribution is 2.48. The van der Waals surface area contributed by atoms with Gasteiger partial charge in [-0.15, -0.1) is 0 Å². The summed E-state index contributed by atoms with van der Waals surface area (Å²) in [6.45, 7) is 7.71. The van der Waals surface area contributed by atoms with Crippen molar-refractivity contribution in [2.24, 2.45) is 11.3 Å². The Morgan fingerprint density at radius 2 is 2.12 bits per heavy atom. The van der Waals surface area contributed by atoms with E-state index >= 15 is 0 Å². The van der Waals surface area contributed by atoms with Crippen molar-refractivity contribution in [3.63, 3.8) is 0 Å². The number of halogens is 2. The summed E-state index contributed by atoms with van der Waals surface area (Å²) in [5.74, 6) is 0.0432. The van der Waals surface area contributed by atoms with Crippen molar-refractivity contribution >= 4 is 33.5 Å². The summed E-state index contributed by atoms with van der Waals surface area (Å²) in [7, 11) is 1.35. The summed E-state index contributed by atoms with van der Waals surface area (Å²) >= 11 is 9.71. The summed E-state index contributed by atoms with van der Waals surface area (Å²) in [6.07, 6.45) is 0. The topological polar surface area (TPSA) is 35.5 Å². The Bertz CT molecular complexity index is 359. The van der Waals surface area contributed by atoms with Gasteiger partial charge in [0.25, 0.3) is 0 Å². The van der Waals surface area contributed by atoms with Gasteiger partial charge in [-0.1, -0.05) is 48.3 Å². The number of alkyl halides is 1. The number of hydrogen-bond donors (Lipinski definition) is 0. The fraction of sp³-hybridized carbons (Fsp3) is 0.750. The van der Waals surface area contributed by atoms with Crippen molar-refractivity contribution in [1.82, 2.24) is 0 Å². The van der Waals surface area contributed by atoms with Gasteiger partial charge in [-0.25, -0.2) is 4.79 Å². The number of ether oxygens (including phenoxy) is 2. The minimum Gasteiger partial charge on any atom is -0.478 e. The van der Waals surface area contributed by atoms with Gasteiger partial charge >= 0.3 is 5.97 Å². The fourth-order valence-corrected chi connectivity index (χ4v) is 3.58. The standard InChI is InChI=1S/C12H18BrClO3/c1-11(2,3)9-8(14)7(6-13)12(4,17-9)10(15)16-5/h7H,6H2,1-5H3. The zero-order valence-electron chi connectivity index (χ0n) is 10.8. The van der Waals surface area contributed by atoms with Gasteiger partial charge in [0.15, 0.2) is 0 Å². The lowest BCUT2D eigenvalue weighted by molar-refractivity contribution is -0.164. The number of methoxy groups -OCH3 is 1. The van der Waals surface area contributed by atoms with Gasteiger partial charge in [0.05, 0.1) is 18.1 Å². The highest BCUT2D eigenvalue weighted by Gasteiger charge is 2.53. The van der Waals surface area contributed by atoms with Crippen LogP contribution in [0.1, 0.15) is 27.7 Å². The Morgan fingerprint density at radius 3 is 2.47 bits per heavy atom. The molecule has 0 saturated heterocycles. The molecule has 98 valence electrons. The number of carbonyl (C=O) groups is 1. The molecule has 1 rings (SSSR count). The molecule has 5 heteroatoms. The Balaban J connectivity index is 3.18. The van der Waals surface area contributed by atoms with E-state index in [-0.39, 0.29) is 11.3 Å². The van der Waals surface area contributed by atoms with Crippen LogP contribution in [0.5, 0.6) is 0 Å². The second-order valence-electron chi connectivity index (χ2n) is 5.33. The van der Waals surface area contributed by atoms with E-state index in [1.165, 1.54) is 7.11 Å². The van der Waals surface area contributed by atoms with E-state index in [4.69, 9.17) is 21.1 Å². The zero-order valence-corrected chi connectivity index (χ0v) is 13.1. The monoisotopic (exact) mass is 324 g/mol. The molecule has 2 atom stereocenters. The lowest BCUT2D eigenvalue weighted by Gasteiger charge is -2.29. The number of hydrogen-bond acceptors (Lipinski definition) is 3. The minimum absolute atomic E-state index is 0.217. The molecular formula is C12H18BrClO3. The molecule has 0 radical (unpaired) electrons. The summed E-state index contributed by atoms with van der Waals surface area (Å²) in [6, 6.07) is 0. The maximum atomic E-state index is 11.9. The maximum Gasteiger partial charge on any atom is 0.350 e. The molecular weight excluding hydrogens is 307 g/mol. The molecule has 1 aliphatic heterocycles. The molecule has 0 aromatic carbocycles. The largest absolute Gasteiger partial charge is 0.478 e. The SMILES string of the molecule is COC(=O)C1(C)OC(C(C)(C)C)=C(Cl)C1CBr. The molecule has 3 nitrogen and oxygen atoms in total. The lowest BCUT2D eigenvalue weighted by Crippen LogP contribution is -2.44. The van der Waals surface area contributed by atoms with E-state index in [1.807, 2.05) is 20.8 Å². The van der Waals surface area contributed by atoms with E-state index in [2.05, 4.69) is 15.9 Å². The van der Waals surface area contributed by atoms with Gasteiger partial charge in [0, 0.05) is 10.7 Å². The molecule has 2 unspecified atom stereocenters. The summed E-state index contributed by atoms with van der Waals surface area (Å²) < 4.78 is 10.6. The van der Waals surface area contributed by atoms with Crippen molar-refractivity contribution in [2.45, 2.75) is 33.3 Å². The van der Waals surface area contributed by atoms with Crippen LogP contribution in [0, 0.1) is 11.3 Å². The van der Waals surface area contributed by atoms with Gasteiger partial charge in [-0.2, -0.15) is 0 Å².